The summed E-state index contributed by atoms with van der Waals surface area (Å²) in [6.45, 7) is 0. The lowest BCUT2D eigenvalue weighted by molar-refractivity contribution is -0.117. The highest BCUT2D eigenvalue weighted by Crippen LogP contribution is 2.35. The first-order valence-corrected chi connectivity index (χ1v) is 8.79. The fourth-order valence-corrected chi connectivity index (χ4v) is 3.18. The molecule has 4 N–H and O–H groups in total. The molecule has 0 radical (unpaired) electrons. The summed E-state index contributed by atoms with van der Waals surface area (Å²) < 4.78 is 0. The lowest BCUT2D eigenvalue weighted by atomic mass is 9.85. The summed E-state index contributed by atoms with van der Waals surface area (Å²) in [5.41, 5.74) is 9.74. The number of aromatic nitrogens is 2. The molecular formula is C20H24Cl2N4O. The van der Waals surface area contributed by atoms with Gasteiger partial charge in [-0.2, -0.15) is 0 Å². The highest BCUT2D eigenvalue weighted by atomic mass is 35.5. The van der Waals surface area contributed by atoms with Crippen LogP contribution in [0.4, 0.5) is 5.69 Å². The summed E-state index contributed by atoms with van der Waals surface area (Å²) in [7, 11) is 0. The van der Waals surface area contributed by atoms with Gasteiger partial charge in [-0.3, -0.25) is 4.79 Å². The van der Waals surface area contributed by atoms with Crippen LogP contribution in [0, 0.1) is 0 Å². The Bertz CT molecular complexity index is 893. The molecule has 2 aromatic carbocycles. The molecule has 1 aliphatic carbocycles. The number of fused-ring (bicyclic) bond motifs is 1. The van der Waals surface area contributed by atoms with E-state index in [-0.39, 0.29) is 30.7 Å². The molecule has 5 nitrogen and oxygen atoms in total. The average molecular weight is 407 g/mol. The second kappa shape index (κ2) is 9.22. The number of H-pyrrole nitrogens is 1. The number of benzene rings is 2. The first-order valence-electron chi connectivity index (χ1n) is 8.79. The standard InChI is InChI=1S/C20H22N4O.2ClH/c21-16(11-13-5-2-1-3-6-13)20(25)22-15-9-10-17-18(12-15)24-19(23-17)14-7-4-8-14;;/h1-3,5-6,9-10,12,14,16H,4,7-8,11,21H2,(H,22,25)(H,23,24);2*1H. The van der Waals surface area contributed by atoms with Crippen LogP contribution in [0.5, 0.6) is 0 Å². The lowest BCUT2D eigenvalue weighted by Crippen LogP contribution is -2.37. The summed E-state index contributed by atoms with van der Waals surface area (Å²) >= 11 is 0. The Hall–Kier alpha value is -2.08. The maximum absolute atomic E-state index is 12.4. The zero-order valence-corrected chi connectivity index (χ0v) is 16.5. The van der Waals surface area contributed by atoms with Gasteiger partial charge in [0.2, 0.25) is 5.91 Å². The number of carbonyl (C=O) groups excluding carboxylic acids is 1. The third-order valence-electron chi connectivity index (χ3n) is 4.89. The summed E-state index contributed by atoms with van der Waals surface area (Å²) in [6.07, 6.45) is 4.21. The van der Waals surface area contributed by atoms with Crippen molar-refractivity contribution in [1.29, 1.82) is 0 Å². The molecule has 1 aliphatic rings. The minimum atomic E-state index is -0.578. The summed E-state index contributed by atoms with van der Waals surface area (Å²) in [4.78, 5) is 20.4. The fraction of sp³-hybridized carbons (Fsp3) is 0.300. The third-order valence-corrected chi connectivity index (χ3v) is 4.89. The molecule has 1 amide bonds. The van der Waals surface area contributed by atoms with E-state index in [4.69, 9.17) is 5.73 Å². The average Bonchev–Trinajstić information content (AvgIpc) is 2.96. The molecule has 1 fully saturated rings. The van der Waals surface area contributed by atoms with Crippen LogP contribution in [-0.2, 0) is 11.2 Å². The maximum atomic E-state index is 12.4. The maximum Gasteiger partial charge on any atom is 0.241 e. The molecule has 0 saturated heterocycles. The number of hydrogen-bond acceptors (Lipinski definition) is 3. The van der Waals surface area contributed by atoms with Crippen LogP contribution < -0.4 is 11.1 Å². The van der Waals surface area contributed by atoms with Crippen molar-refractivity contribution in [3.05, 3.63) is 59.9 Å². The van der Waals surface area contributed by atoms with Gasteiger partial charge in [0.05, 0.1) is 17.1 Å². The number of halogens is 2. The fourth-order valence-electron chi connectivity index (χ4n) is 3.18. The quantitative estimate of drug-likeness (QED) is 0.593. The molecule has 3 aromatic rings. The van der Waals surface area contributed by atoms with E-state index in [0.29, 0.717) is 12.3 Å². The SMILES string of the molecule is Cl.Cl.NC(Cc1ccccc1)C(=O)Nc1ccc2nc(C3CCC3)[nH]c2c1. The second-order valence-corrected chi connectivity index (χ2v) is 6.77. The Labute approximate surface area is 171 Å². The number of carbonyl (C=O) groups is 1. The summed E-state index contributed by atoms with van der Waals surface area (Å²) in [5, 5.41) is 2.91. The van der Waals surface area contributed by atoms with E-state index in [2.05, 4.69) is 15.3 Å². The van der Waals surface area contributed by atoms with Crippen LogP contribution in [0.3, 0.4) is 0 Å². The van der Waals surface area contributed by atoms with Crippen molar-refractivity contribution in [3.63, 3.8) is 0 Å². The number of anilines is 1. The van der Waals surface area contributed by atoms with Crippen LogP contribution in [0.1, 0.15) is 36.6 Å². The Balaban J connectivity index is 0.00000131. The van der Waals surface area contributed by atoms with Gasteiger partial charge in [0.15, 0.2) is 0 Å². The number of nitrogens with two attached hydrogens (primary N) is 1. The highest BCUT2D eigenvalue weighted by molar-refractivity contribution is 5.96. The highest BCUT2D eigenvalue weighted by Gasteiger charge is 2.22. The lowest BCUT2D eigenvalue weighted by Gasteiger charge is -2.22. The number of nitrogens with one attached hydrogen (secondary N) is 2. The summed E-state index contributed by atoms with van der Waals surface area (Å²) in [5.74, 6) is 1.44. The van der Waals surface area contributed by atoms with Crippen molar-refractivity contribution in [1.82, 2.24) is 9.97 Å². The number of imidazole rings is 1. The molecule has 7 heteroatoms. The molecule has 1 aromatic heterocycles. The summed E-state index contributed by atoms with van der Waals surface area (Å²) in [6, 6.07) is 15.0. The number of amides is 1. The van der Waals surface area contributed by atoms with Crippen molar-refractivity contribution >= 4 is 47.4 Å². The molecule has 0 bridgehead atoms. The molecule has 144 valence electrons. The number of rotatable bonds is 5. The van der Waals surface area contributed by atoms with Crippen LogP contribution in [0.2, 0.25) is 0 Å². The van der Waals surface area contributed by atoms with Gasteiger partial charge in [-0.1, -0.05) is 36.8 Å². The largest absolute Gasteiger partial charge is 0.342 e. The van der Waals surface area contributed by atoms with Crippen LogP contribution in [0.15, 0.2) is 48.5 Å². The van der Waals surface area contributed by atoms with Gasteiger partial charge in [-0.15, -0.1) is 24.8 Å². The van der Waals surface area contributed by atoms with Gasteiger partial charge >= 0.3 is 0 Å². The Kier molecular flexibility index (Phi) is 7.25. The van der Waals surface area contributed by atoms with Crippen molar-refractivity contribution in [2.24, 2.45) is 5.73 Å². The van der Waals surface area contributed by atoms with Crippen LogP contribution in [-0.4, -0.2) is 21.9 Å². The molecule has 1 heterocycles. The minimum Gasteiger partial charge on any atom is -0.342 e. The van der Waals surface area contributed by atoms with E-state index in [1.807, 2.05) is 48.5 Å². The monoisotopic (exact) mass is 406 g/mol. The number of aromatic amines is 1. The zero-order chi connectivity index (χ0) is 17.2. The van der Waals surface area contributed by atoms with Crippen LogP contribution >= 0.6 is 24.8 Å². The van der Waals surface area contributed by atoms with E-state index < -0.39 is 6.04 Å². The van der Waals surface area contributed by atoms with Gasteiger partial charge < -0.3 is 16.0 Å². The van der Waals surface area contributed by atoms with Crippen LogP contribution in [0.25, 0.3) is 11.0 Å². The van der Waals surface area contributed by atoms with E-state index >= 15 is 0 Å². The van der Waals surface area contributed by atoms with E-state index in [9.17, 15) is 4.79 Å². The Morgan fingerprint density at radius 1 is 1.19 bits per heavy atom. The number of hydrogen-bond donors (Lipinski definition) is 3. The molecule has 0 aliphatic heterocycles. The predicted octanol–water partition coefficient (Wildman–Crippen LogP) is 4.18. The molecule has 27 heavy (non-hydrogen) atoms. The number of nitrogens with zero attached hydrogens (tertiary/aromatic N) is 1. The van der Waals surface area contributed by atoms with E-state index in [1.54, 1.807) is 0 Å². The van der Waals surface area contributed by atoms with Gasteiger partial charge in [0.1, 0.15) is 5.82 Å². The first-order chi connectivity index (χ1) is 12.2. The van der Waals surface area contributed by atoms with Crippen molar-refractivity contribution < 1.29 is 4.79 Å². The molecule has 1 unspecified atom stereocenters. The smallest absolute Gasteiger partial charge is 0.241 e. The second-order valence-electron chi connectivity index (χ2n) is 6.77. The van der Waals surface area contributed by atoms with Crippen molar-refractivity contribution in [2.75, 3.05) is 5.32 Å². The topological polar surface area (TPSA) is 83.8 Å². The van der Waals surface area contributed by atoms with Crippen molar-refractivity contribution in [3.8, 4) is 0 Å². The molecular weight excluding hydrogens is 383 g/mol. The predicted molar refractivity (Wildman–Crippen MR) is 114 cm³/mol. The molecule has 1 atom stereocenters. The molecule has 4 rings (SSSR count). The van der Waals surface area contributed by atoms with Gasteiger partial charge in [-0.25, -0.2) is 4.98 Å². The van der Waals surface area contributed by atoms with Gasteiger partial charge in [0, 0.05) is 11.6 Å². The third kappa shape index (κ3) is 4.80. The zero-order valence-electron chi connectivity index (χ0n) is 14.9. The Morgan fingerprint density at radius 3 is 2.59 bits per heavy atom. The van der Waals surface area contributed by atoms with E-state index in [1.165, 1.54) is 19.3 Å². The van der Waals surface area contributed by atoms with Gasteiger partial charge in [0.25, 0.3) is 0 Å². The Morgan fingerprint density at radius 2 is 1.93 bits per heavy atom. The van der Waals surface area contributed by atoms with Gasteiger partial charge in [-0.05, 0) is 43.0 Å². The molecule has 1 saturated carbocycles. The first kappa shape index (κ1) is 21.2. The normalized spacial score (nSPS) is 14.6. The van der Waals surface area contributed by atoms with E-state index in [0.717, 1.165) is 28.1 Å². The molecule has 0 spiro atoms. The van der Waals surface area contributed by atoms with Crippen molar-refractivity contribution in [2.45, 2.75) is 37.6 Å². The minimum absolute atomic E-state index is 0.